The van der Waals surface area contributed by atoms with Gasteiger partial charge in [-0.15, -0.1) is 10.2 Å². The zero-order valence-corrected chi connectivity index (χ0v) is 24.9. The molecule has 4 rings (SSSR count). The average molecular weight is 662 g/mol. The number of benzene rings is 1. The Morgan fingerprint density at radius 2 is 1.55 bits per heavy atom. The summed E-state index contributed by atoms with van der Waals surface area (Å²) in [7, 11) is 0. The van der Waals surface area contributed by atoms with Gasteiger partial charge in [-0.2, -0.15) is 36.2 Å². The lowest BCUT2D eigenvalue weighted by Gasteiger charge is -2.22. The summed E-state index contributed by atoms with van der Waals surface area (Å²) < 4.78 is 80.7. The molecule has 0 aliphatic heterocycles. The van der Waals surface area contributed by atoms with Crippen LogP contribution in [0.4, 0.5) is 26.3 Å². The first-order valence-electron chi connectivity index (χ1n) is 12.7. The van der Waals surface area contributed by atoms with Crippen LogP contribution in [-0.2, 0) is 25.3 Å². The highest BCUT2D eigenvalue weighted by molar-refractivity contribution is 6.32. The van der Waals surface area contributed by atoms with Crippen LogP contribution in [0.2, 0.25) is 10.0 Å². The third kappa shape index (κ3) is 7.38. The molecule has 3 aromatic heterocycles. The number of alkyl halides is 6. The highest BCUT2D eigenvalue weighted by Gasteiger charge is 2.48. The molecule has 0 aliphatic carbocycles. The molecule has 0 saturated heterocycles. The molecule has 9 nitrogen and oxygen atoms in total. The van der Waals surface area contributed by atoms with E-state index in [4.69, 9.17) is 23.2 Å². The number of nitrogens with one attached hydrogen (secondary N) is 1. The predicted molar refractivity (Wildman–Crippen MR) is 147 cm³/mol. The van der Waals surface area contributed by atoms with Crippen LogP contribution in [0.5, 0.6) is 0 Å². The molecule has 234 valence electrons. The van der Waals surface area contributed by atoms with E-state index in [2.05, 4.69) is 25.6 Å². The highest BCUT2D eigenvalue weighted by atomic mass is 35.5. The van der Waals surface area contributed by atoms with Crippen LogP contribution >= 0.6 is 23.2 Å². The molecule has 0 spiro atoms. The number of halogens is 8. The molecule has 1 N–H and O–H groups in total. The van der Waals surface area contributed by atoms with Gasteiger partial charge in [-0.05, 0) is 69.2 Å². The lowest BCUT2D eigenvalue weighted by molar-refractivity contribution is -0.165. The molecular weight excluding hydrogens is 639 g/mol. The third-order valence-corrected chi connectivity index (χ3v) is 6.50. The van der Waals surface area contributed by atoms with Crippen molar-refractivity contribution in [1.29, 1.82) is 0 Å². The molecule has 0 bridgehead atoms. The maximum atomic E-state index is 13.8. The van der Waals surface area contributed by atoms with Gasteiger partial charge in [-0.25, -0.2) is 9.67 Å². The summed E-state index contributed by atoms with van der Waals surface area (Å²) in [5.74, 6) is -1.15. The van der Waals surface area contributed by atoms with Crippen molar-refractivity contribution in [2.75, 3.05) is 0 Å². The van der Waals surface area contributed by atoms with E-state index in [0.29, 0.717) is 11.1 Å². The van der Waals surface area contributed by atoms with Gasteiger partial charge in [0.15, 0.2) is 23.0 Å². The molecule has 0 fully saturated rings. The first kappa shape index (κ1) is 32.9. The van der Waals surface area contributed by atoms with Crippen molar-refractivity contribution in [2.24, 2.45) is 0 Å². The topological polar surface area (TPSA) is 108 Å². The number of amides is 1. The molecule has 0 aliphatic rings. The van der Waals surface area contributed by atoms with Crippen LogP contribution in [0, 0.1) is 6.92 Å². The fourth-order valence-corrected chi connectivity index (χ4v) is 4.69. The minimum absolute atomic E-state index is 0.0392. The SMILES string of the molecule is Cc1cc(Cl)cc(C(=O)NC(C)(C)C)c1CC(=O)c1cc(Cn2nc(C(F)(F)F)c(C(F)(F)F)n2)nn1-c1ncccc1Cl. The van der Waals surface area contributed by atoms with Gasteiger partial charge in [-0.1, -0.05) is 23.2 Å². The van der Waals surface area contributed by atoms with Gasteiger partial charge in [0.25, 0.3) is 5.91 Å². The van der Waals surface area contributed by atoms with E-state index in [1.165, 1.54) is 24.4 Å². The number of rotatable bonds is 7. The Morgan fingerprint density at radius 1 is 0.932 bits per heavy atom. The van der Waals surface area contributed by atoms with Gasteiger partial charge in [-0.3, -0.25) is 9.59 Å². The fourth-order valence-electron chi connectivity index (χ4n) is 4.22. The molecule has 3 heterocycles. The first-order chi connectivity index (χ1) is 20.2. The van der Waals surface area contributed by atoms with E-state index in [-0.39, 0.29) is 44.0 Å². The summed E-state index contributed by atoms with van der Waals surface area (Å²) in [5.41, 5.74) is -4.40. The number of ketones is 1. The molecule has 4 aromatic rings. The van der Waals surface area contributed by atoms with Crippen LogP contribution in [0.15, 0.2) is 36.5 Å². The zero-order chi connectivity index (χ0) is 32.8. The first-order valence-corrected chi connectivity index (χ1v) is 13.4. The Kier molecular flexibility index (Phi) is 8.86. The van der Waals surface area contributed by atoms with Gasteiger partial charge in [0.1, 0.15) is 12.2 Å². The second-order valence-electron chi connectivity index (χ2n) is 10.7. The molecule has 0 radical (unpaired) electrons. The Bertz CT molecular complexity index is 1710. The number of carbonyl (C=O) groups is 2. The molecule has 17 heteroatoms. The van der Waals surface area contributed by atoms with E-state index in [1.54, 1.807) is 33.8 Å². The number of hydrogen-bond acceptors (Lipinski definition) is 6. The summed E-state index contributed by atoms with van der Waals surface area (Å²) in [6.07, 6.45) is -9.88. The third-order valence-electron chi connectivity index (χ3n) is 5.99. The standard InChI is InChI=1S/C27H23Cl2F6N7O2/c1-13-8-14(28)9-17(24(44)37-25(2,3)4)16(13)11-20(43)19-10-15(38-42(19)23-18(29)6-5-7-36-23)12-41-39-21(26(30,31)32)22(40-41)27(33,34)35/h5-10H,11-12H2,1-4H3,(H,37,44). The molecule has 44 heavy (non-hydrogen) atoms. The van der Waals surface area contributed by atoms with Crippen LogP contribution in [-0.4, -0.2) is 47.0 Å². The number of nitrogens with zero attached hydrogens (tertiary/aromatic N) is 6. The lowest BCUT2D eigenvalue weighted by atomic mass is 9.95. The van der Waals surface area contributed by atoms with Crippen molar-refractivity contribution in [3.8, 4) is 5.82 Å². The van der Waals surface area contributed by atoms with Gasteiger partial charge in [0, 0.05) is 28.7 Å². The normalized spacial score (nSPS) is 12.5. The molecular formula is C27H23Cl2F6N7O2. The molecule has 1 aromatic carbocycles. The fraction of sp³-hybridized carbons (Fsp3) is 0.333. The monoisotopic (exact) mass is 661 g/mol. The van der Waals surface area contributed by atoms with E-state index in [9.17, 15) is 35.9 Å². The molecule has 0 saturated carbocycles. The van der Waals surface area contributed by atoms with Crippen molar-refractivity contribution < 1.29 is 35.9 Å². The van der Waals surface area contributed by atoms with Crippen LogP contribution in [0.25, 0.3) is 5.82 Å². The van der Waals surface area contributed by atoms with Crippen molar-refractivity contribution >= 4 is 34.9 Å². The number of hydrogen-bond donors (Lipinski definition) is 1. The molecule has 1 amide bonds. The largest absolute Gasteiger partial charge is 0.437 e. The van der Waals surface area contributed by atoms with E-state index >= 15 is 0 Å². The van der Waals surface area contributed by atoms with Crippen molar-refractivity contribution in [3.63, 3.8) is 0 Å². The van der Waals surface area contributed by atoms with Crippen LogP contribution in [0.1, 0.15) is 69.8 Å². The molecule has 0 unspecified atom stereocenters. The smallest absolute Gasteiger partial charge is 0.347 e. The Morgan fingerprint density at radius 3 is 2.09 bits per heavy atom. The maximum Gasteiger partial charge on any atom is 0.437 e. The lowest BCUT2D eigenvalue weighted by Crippen LogP contribution is -2.41. The summed E-state index contributed by atoms with van der Waals surface area (Å²) in [5, 5.41) is 13.3. The number of aryl methyl sites for hydroxylation is 1. The van der Waals surface area contributed by atoms with Crippen molar-refractivity contribution in [2.45, 2.75) is 58.6 Å². The zero-order valence-electron chi connectivity index (χ0n) is 23.4. The second-order valence-corrected chi connectivity index (χ2v) is 11.6. The number of pyridine rings is 1. The van der Waals surface area contributed by atoms with Crippen LogP contribution < -0.4 is 5.32 Å². The Hall–Kier alpha value is -3.98. The van der Waals surface area contributed by atoms with Gasteiger partial charge >= 0.3 is 12.4 Å². The average Bonchev–Trinajstić information content (AvgIpc) is 3.50. The Labute approximate surface area is 256 Å². The van der Waals surface area contributed by atoms with Gasteiger partial charge in [0.2, 0.25) is 0 Å². The number of aromatic nitrogens is 6. The van der Waals surface area contributed by atoms with E-state index in [1.807, 2.05) is 0 Å². The predicted octanol–water partition coefficient (Wildman–Crippen LogP) is 6.51. The number of Topliss-reactive ketones (excluding diaryl/α,β-unsaturated/α-hetero) is 1. The van der Waals surface area contributed by atoms with E-state index in [0.717, 1.165) is 10.7 Å². The van der Waals surface area contributed by atoms with E-state index < -0.39 is 47.5 Å². The molecule has 0 atom stereocenters. The van der Waals surface area contributed by atoms with Gasteiger partial charge in [0.05, 0.1) is 10.7 Å². The van der Waals surface area contributed by atoms with Crippen molar-refractivity contribution in [1.82, 2.24) is 35.1 Å². The quantitative estimate of drug-likeness (QED) is 0.179. The summed E-state index contributed by atoms with van der Waals surface area (Å²) in [6, 6.07) is 7.07. The maximum absolute atomic E-state index is 13.8. The van der Waals surface area contributed by atoms with Crippen molar-refractivity contribution in [3.05, 3.63) is 86.0 Å². The summed E-state index contributed by atoms with van der Waals surface area (Å²) in [6.45, 7) is 6.20. The number of carbonyl (C=O) groups excluding carboxylic acids is 2. The highest BCUT2D eigenvalue weighted by Crippen LogP contribution is 2.38. The summed E-state index contributed by atoms with van der Waals surface area (Å²) in [4.78, 5) is 31.2. The van der Waals surface area contributed by atoms with Gasteiger partial charge < -0.3 is 5.32 Å². The second kappa shape index (κ2) is 11.8. The van der Waals surface area contributed by atoms with Crippen LogP contribution in [0.3, 0.4) is 0 Å². The minimum Gasteiger partial charge on any atom is -0.347 e. The summed E-state index contributed by atoms with van der Waals surface area (Å²) >= 11 is 12.5. The Balaban J connectivity index is 1.78. The minimum atomic E-state index is -5.43.